The predicted octanol–water partition coefficient (Wildman–Crippen LogP) is 3.27. The second kappa shape index (κ2) is 5.77. The Morgan fingerprint density at radius 3 is 2.73 bits per heavy atom. The number of fused-ring (bicyclic) bond motifs is 2. The highest BCUT2D eigenvalue weighted by molar-refractivity contribution is 5.97. The van der Waals surface area contributed by atoms with Gasteiger partial charge in [-0.05, 0) is 36.4 Å². The third-order valence-corrected chi connectivity index (χ3v) is 4.56. The smallest absolute Gasteiger partial charge is 0.253 e. The molecule has 2 aliphatic rings. The number of aromatic amines is 1. The molecule has 0 fully saturated rings. The molecule has 4 heterocycles. The van der Waals surface area contributed by atoms with E-state index >= 15 is 0 Å². The van der Waals surface area contributed by atoms with Crippen LogP contribution >= 0.6 is 0 Å². The van der Waals surface area contributed by atoms with Gasteiger partial charge in [-0.15, -0.1) is 0 Å². The quantitative estimate of drug-likeness (QED) is 0.747. The van der Waals surface area contributed by atoms with E-state index in [1.54, 1.807) is 6.20 Å². The normalized spacial score (nSPS) is 14.7. The molecule has 1 aromatic carbocycles. The summed E-state index contributed by atoms with van der Waals surface area (Å²) in [4.78, 5) is 19.8. The number of hydrogen-bond donors (Lipinski definition) is 2. The van der Waals surface area contributed by atoms with Gasteiger partial charge in [0.2, 0.25) is 0 Å². The summed E-state index contributed by atoms with van der Waals surface area (Å²) in [7, 11) is 0. The Morgan fingerprint density at radius 2 is 1.85 bits per heavy atom. The minimum absolute atomic E-state index is 0.0251. The molecule has 0 aliphatic carbocycles. The van der Waals surface area contributed by atoms with Gasteiger partial charge < -0.3 is 19.8 Å². The van der Waals surface area contributed by atoms with Gasteiger partial charge in [0.1, 0.15) is 12.5 Å². The fraction of sp³-hybridized carbons (Fsp3) is 0.100. The number of H-pyrrole nitrogens is 1. The van der Waals surface area contributed by atoms with E-state index in [1.165, 1.54) is 12.5 Å². The number of nitrogens with zero attached hydrogens (tertiary/aromatic N) is 1. The van der Waals surface area contributed by atoms with Crippen molar-refractivity contribution < 1.29 is 14.3 Å². The van der Waals surface area contributed by atoms with E-state index < -0.39 is 0 Å². The van der Waals surface area contributed by atoms with Crippen molar-refractivity contribution in [1.29, 1.82) is 0 Å². The molecule has 26 heavy (non-hydrogen) atoms. The number of nitrogens with one attached hydrogen (secondary N) is 2. The molecule has 6 heteroatoms. The van der Waals surface area contributed by atoms with E-state index in [1.807, 2.05) is 36.4 Å². The number of amides is 1. The van der Waals surface area contributed by atoms with Crippen LogP contribution in [0.3, 0.4) is 0 Å². The van der Waals surface area contributed by atoms with Gasteiger partial charge in [-0.2, -0.15) is 0 Å². The topological polar surface area (TPSA) is 76.2 Å². The second-order valence-electron chi connectivity index (χ2n) is 6.18. The van der Waals surface area contributed by atoms with Crippen molar-refractivity contribution in [3.8, 4) is 34.0 Å². The maximum absolute atomic E-state index is 12.0. The van der Waals surface area contributed by atoms with Gasteiger partial charge in [0, 0.05) is 41.7 Å². The molecule has 2 N–H and O–H groups in total. The summed E-state index contributed by atoms with van der Waals surface area (Å²) in [6, 6.07) is 11.5. The van der Waals surface area contributed by atoms with Gasteiger partial charge in [0.25, 0.3) is 5.91 Å². The summed E-state index contributed by atoms with van der Waals surface area (Å²) in [5.74, 6) is 1.31. The van der Waals surface area contributed by atoms with Crippen LogP contribution in [-0.4, -0.2) is 22.4 Å². The van der Waals surface area contributed by atoms with Crippen LogP contribution in [0.5, 0.6) is 11.5 Å². The predicted molar refractivity (Wildman–Crippen MR) is 95.9 cm³/mol. The summed E-state index contributed by atoms with van der Waals surface area (Å²) < 4.78 is 10.9. The lowest BCUT2D eigenvalue weighted by Gasteiger charge is -2.13. The molecule has 0 atom stereocenters. The highest BCUT2D eigenvalue weighted by atomic mass is 16.5. The minimum Gasteiger partial charge on any atom is -0.458 e. The molecule has 0 bridgehead atoms. The fourth-order valence-electron chi connectivity index (χ4n) is 3.26. The van der Waals surface area contributed by atoms with Gasteiger partial charge >= 0.3 is 0 Å². The summed E-state index contributed by atoms with van der Waals surface area (Å²) >= 11 is 0. The van der Waals surface area contributed by atoms with Crippen molar-refractivity contribution >= 4 is 5.91 Å². The lowest BCUT2D eigenvalue weighted by Crippen LogP contribution is -2.31. The van der Waals surface area contributed by atoms with Gasteiger partial charge in [-0.3, -0.25) is 9.78 Å². The molecule has 3 aromatic rings. The third kappa shape index (κ3) is 2.43. The molecular weight excluding hydrogens is 330 g/mol. The summed E-state index contributed by atoms with van der Waals surface area (Å²) in [6.45, 7) is 0.666. The summed E-state index contributed by atoms with van der Waals surface area (Å²) in [5.41, 5.74) is 5.34. The van der Waals surface area contributed by atoms with Crippen molar-refractivity contribution in [2.24, 2.45) is 0 Å². The Bertz CT molecular complexity index is 1050. The largest absolute Gasteiger partial charge is 0.458 e. The molecule has 0 unspecified atom stereocenters. The van der Waals surface area contributed by atoms with E-state index in [0.717, 1.165) is 40.2 Å². The summed E-state index contributed by atoms with van der Waals surface area (Å²) in [6.07, 6.45) is 5.59. The van der Waals surface area contributed by atoms with Crippen molar-refractivity contribution in [2.45, 2.75) is 6.42 Å². The molecule has 0 saturated heterocycles. The molecule has 0 radical (unpaired) electrons. The van der Waals surface area contributed by atoms with Crippen LogP contribution in [0.4, 0.5) is 0 Å². The number of aromatic nitrogens is 2. The Balaban J connectivity index is 1.53. The Labute approximate surface area is 149 Å². The lowest BCUT2D eigenvalue weighted by molar-refractivity contribution is 0.0946. The third-order valence-electron chi connectivity index (χ3n) is 4.56. The number of carbonyl (C=O) groups is 1. The van der Waals surface area contributed by atoms with Crippen molar-refractivity contribution in [1.82, 2.24) is 15.3 Å². The summed E-state index contributed by atoms with van der Waals surface area (Å²) in [5, 5.41) is 2.87. The van der Waals surface area contributed by atoms with Gasteiger partial charge in [-0.25, -0.2) is 0 Å². The Kier molecular flexibility index (Phi) is 3.28. The number of rotatable bonds is 2. The van der Waals surface area contributed by atoms with Crippen LogP contribution in [0.2, 0.25) is 0 Å². The number of benzene rings is 1. The number of pyridine rings is 1. The van der Waals surface area contributed by atoms with Crippen LogP contribution in [0.25, 0.3) is 22.5 Å². The number of hydrogen-bond acceptors (Lipinski definition) is 4. The molecule has 128 valence electrons. The Morgan fingerprint density at radius 1 is 0.962 bits per heavy atom. The average Bonchev–Trinajstić information content (AvgIpc) is 3.14. The van der Waals surface area contributed by atoms with Crippen molar-refractivity contribution in [3.63, 3.8) is 0 Å². The first-order chi connectivity index (χ1) is 12.8. The van der Waals surface area contributed by atoms with Crippen LogP contribution in [-0.2, 0) is 6.42 Å². The highest BCUT2D eigenvalue weighted by Gasteiger charge is 2.20. The van der Waals surface area contributed by atoms with Crippen molar-refractivity contribution in [2.75, 3.05) is 6.54 Å². The second-order valence-corrected chi connectivity index (χ2v) is 6.18. The van der Waals surface area contributed by atoms with Crippen LogP contribution in [0.15, 0.2) is 55.1 Å². The van der Waals surface area contributed by atoms with Crippen LogP contribution in [0.1, 0.15) is 16.1 Å². The minimum atomic E-state index is -0.0251. The molecule has 0 saturated carbocycles. The monoisotopic (exact) mass is 345 g/mol. The van der Waals surface area contributed by atoms with Gasteiger partial charge in [0.15, 0.2) is 11.5 Å². The van der Waals surface area contributed by atoms with Gasteiger partial charge in [-0.1, -0.05) is 0 Å². The van der Waals surface area contributed by atoms with E-state index in [-0.39, 0.29) is 5.91 Å². The molecule has 6 nitrogen and oxygen atoms in total. The SMILES string of the molecule is O=C1NCCc2[nH]c(-c3ccnc(-c4ccc5c(c4)OC=CO5)c3)cc21. The maximum atomic E-state index is 12.0. The zero-order chi connectivity index (χ0) is 17.5. The zero-order valence-corrected chi connectivity index (χ0v) is 13.8. The zero-order valence-electron chi connectivity index (χ0n) is 13.8. The Hall–Kier alpha value is -3.54. The molecule has 2 aromatic heterocycles. The molecule has 1 amide bonds. The average molecular weight is 345 g/mol. The van der Waals surface area contributed by atoms with Crippen LogP contribution < -0.4 is 14.8 Å². The molecule has 5 rings (SSSR count). The van der Waals surface area contributed by atoms with Crippen LogP contribution in [0, 0.1) is 0 Å². The molecule has 0 spiro atoms. The first kappa shape index (κ1) is 14.8. The maximum Gasteiger partial charge on any atom is 0.253 e. The molecular formula is C20H15N3O3. The van der Waals surface area contributed by atoms with E-state index in [0.29, 0.717) is 18.0 Å². The van der Waals surface area contributed by atoms with E-state index in [4.69, 9.17) is 9.47 Å². The van der Waals surface area contributed by atoms with Gasteiger partial charge in [0.05, 0.1) is 11.3 Å². The number of ether oxygens (including phenoxy) is 2. The van der Waals surface area contributed by atoms with Crippen molar-refractivity contribution in [3.05, 3.63) is 66.4 Å². The highest BCUT2D eigenvalue weighted by Crippen LogP contribution is 2.35. The standard InChI is InChI=1S/C20H15N3O3/c24-20-14-11-17(23-15(14)4-6-22-20)13-3-5-21-16(9-13)12-1-2-18-19(10-12)26-8-7-25-18/h1-3,5,7-11,23H,4,6H2,(H,22,24). The van der Waals surface area contributed by atoms with E-state index in [2.05, 4.69) is 15.3 Å². The number of carbonyl (C=O) groups excluding carboxylic acids is 1. The first-order valence-corrected chi connectivity index (χ1v) is 8.37. The first-order valence-electron chi connectivity index (χ1n) is 8.37. The lowest BCUT2D eigenvalue weighted by atomic mass is 10.1. The van der Waals surface area contributed by atoms with E-state index in [9.17, 15) is 4.79 Å². The molecule has 2 aliphatic heterocycles. The fourth-order valence-corrected chi connectivity index (χ4v) is 3.26.